The second-order valence-corrected chi connectivity index (χ2v) is 8.50. The van der Waals surface area contributed by atoms with Crippen LogP contribution in [-0.2, 0) is 6.42 Å². The number of rotatable bonds is 8. The molecule has 0 bridgehead atoms. The summed E-state index contributed by atoms with van der Waals surface area (Å²) in [4.78, 5) is 27.1. The number of nitrogens with zero attached hydrogens (tertiary/aromatic N) is 3. The molecule has 0 spiro atoms. The van der Waals surface area contributed by atoms with E-state index in [0.29, 0.717) is 42.2 Å². The van der Waals surface area contributed by atoms with Crippen molar-refractivity contribution in [3.05, 3.63) is 58.7 Å². The molecule has 9 nitrogen and oxygen atoms in total. The maximum Gasteiger partial charge on any atom is 0.337 e. The second kappa shape index (κ2) is 11.7. The van der Waals surface area contributed by atoms with Crippen molar-refractivity contribution in [1.29, 1.82) is 0 Å². The lowest BCUT2D eigenvalue weighted by Gasteiger charge is -2.22. The molecule has 2 aromatic carbocycles. The molecule has 0 unspecified atom stereocenters. The molecule has 35 heavy (non-hydrogen) atoms. The van der Waals surface area contributed by atoms with Crippen molar-refractivity contribution >= 4 is 17.6 Å². The average molecular weight is 483 g/mol. The highest BCUT2D eigenvalue weighted by atomic mass is 16.5. The van der Waals surface area contributed by atoms with Gasteiger partial charge in [0.15, 0.2) is 11.5 Å². The van der Waals surface area contributed by atoms with Crippen LogP contribution in [0.4, 0.5) is 4.79 Å². The summed E-state index contributed by atoms with van der Waals surface area (Å²) in [5, 5.41) is 17.8. The van der Waals surface area contributed by atoms with Crippen LogP contribution in [0.1, 0.15) is 46.8 Å². The smallest absolute Gasteiger partial charge is 0.337 e. The van der Waals surface area contributed by atoms with Crippen LogP contribution in [0.3, 0.4) is 0 Å². The Balaban J connectivity index is 2.03. The van der Waals surface area contributed by atoms with Gasteiger partial charge in [-0.15, -0.1) is 0 Å². The van der Waals surface area contributed by atoms with Gasteiger partial charge in [-0.05, 0) is 56.0 Å². The molecule has 1 aliphatic rings. The first-order valence-corrected chi connectivity index (χ1v) is 11.7. The van der Waals surface area contributed by atoms with Gasteiger partial charge in [-0.1, -0.05) is 12.1 Å². The highest BCUT2D eigenvalue weighted by molar-refractivity contribution is 6.15. The van der Waals surface area contributed by atoms with Gasteiger partial charge >= 0.3 is 6.03 Å². The molecule has 2 aromatic rings. The fraction of sp³-hybridized carbons (Fsp3) is 0.423. The van der Waals surface area contributed by atoms with Gasteiger partial charge in [0, 0.05) is 43.9 Å². The Morgan fingerprint density at radius 2 is 1.80 bits per heavy atom. The summed E-state index contributed by atoms with van der Waals surface area (Å²) in [6, 6.07) is 10.5. The highest BCUT2D eigenvalue weighted by Crippen LogP contribution is 2.34. The van der Waals surface area contributed by atoms with E-state index in [1.54, 1.807) is 45.3 Å². The zero-order valence-electron chi connectivity index (χ0n) is 21.0. The van der Waals surface area contributed by atoms with E-state index in [2.05, 4.69) is 5.32 Å². The predicted octanol–water partition coefficient (Wildman–Crippen LogP) is 2.89. The molecule has 0 fully saturated rings. The molecule has 2 N–H and O–H groups in total. The Morgan fingerprint density at radius 1 is 1.14 bits per heavy atom. The topological polar surface area (TPSA) is 104 Å². The number of nitrogens with one attached hydrogen (secondary N) is 1. The molecule has 0 saturated heterocycles. The number of amides is 3. The van der Waals surface area contributed by atoms with E-state index in [-0.39, 0.29) is 24.6 Å². The van der Waals surface area contributed by atoms with E-state index in [1.165, 1.54) is 5.01 Å². The molecule has 1 atom stereocenters. The van der Waals surface area contributed by atoms with Gasteiger partial charge in [-0.25, -0.2) is 9.80 Å². The molecule has 0 aromatic heterocycles. The van der Waals surface area contributed by atoms with E-state index >= 15 is 0 Å². The van der Waals surface area contributed by atoms with Gasteiger partial charge in [0.25, 0.3) is 5.91 Å². The third-order valence-corrected chi connectivity index (χ3v) is 6.08. The van der Waals surface area contributed by atoms with E-state index < -0.39 is 0 Å². The van der Waals surface area contributed by atoms with Crippen LogP contribution >= 0.6 is 0 Å². The second-order valence-electron chi connectivity index (χ2n) is 8.50. The fourth-order valence-corrected chi connectivity index (χ4v) is 4.10. The maximum absolute atomic E-state index is 12.8. The maximum atomic E-state index is 12.8. The molecule has 1 heterocycles. The lowest BCUT2D eigenvalue weighted by molar-refractivity contribution is 0.0790. The number of ether oxygens (including phenoxy) is 2. The fourth-order valence-electron chi connectivity index (χ4n) is 4.10. The van der Waals surface area contributed by atoms with E-state index in [9.17, 15) is 9.59 Å². The minimum absolute atomic E-state index is 0.0929. The van der Waals surface area contributed by atoms with Crippen molar-refractivity contribution in [3.63, 3.8) is 0 Å². The van der Waals surface area contributed by atoms with Crippen LogP contribution < -0.4 is 14.8 Å². The van der Waals surface area contributed by atoms with Crippen molar-refractivity contribution in [2.24, 2.45) is 5.10 Å². The van der Waals surface area contributed by atoms with Crippen molar-refractivity contribution in [2.45, 2.75) is 32.2 Å². The Hall–Kier alpha value is -3.59. The number of methoxy groups -OCH3 is 2. The lowest BCUT2D eigenvalue weighted by atomic mass is 9.93. The van der Waals surface area contributed by atoms with Crippen LogP contribution in [0.2, 0.25) is 0 Å². The zero-order valence-corrected chi connectivity index (χ0v) is 21.0. The Labute approximate surface area is 206 Å². The number of urea groups is 1. The predicted molar refractivity (Wildman–Crippen MR) is 134 cm³/mol. The standard InChI is InChI=1S/C26H34N4O5/c1-17-14-20-15-22(34-4)23(35-5)16-21(20)24(28-30(17)26(33)27-2)18-8-10-19(11-9-18)25(32)29(3)12-6-7-13-31/h8-11,15-17,31H,6-7,12-14H2,1-5H3,(H,27,33)/t17-/m1/s1. The summed E-state index contributed by atoms with van der Waals surface area (Å²) in [5.41, 5.74) is 3.73. The van der Waals surface area contributed by atoms with Gasteiger partial charge in [0.1, 0.15) is 0 Å². The van der Waals surface area contributed by atoms with Crippen molar-refractivity contribution in [1.82, 2.24) is 15.2 Å². The Kier molecular flexibility index (Phi) is 8.70. The number of hydrazone groups is 1. The summed E-state index contributed by atoms with van der Waals surface area (Å²) in [6.45, 7) is 2.63. The number of hydrogen-bond acceptors (Lipinski definition) is 6. The molecule has 0 saturated carbocycles. The summed E-state index contributed by atoms with van der Waals surface area (Å²) in [7, 11) is 6.49. The van der Waals surface area contributed by atoms with Gasteiger partial charge in [-0.3, -0.25) is 4.79 Å². The van der Waals surface area contributed by atoms with Crippen LogP contribution in [0.15, 0.2) is 41.5 Å². The highest BCUT2D eigenvalue weighted by Gasteiger charge is 2.28. The molecular weight excluding hydrogens is 448 g/mol. The molecular formula is C26H34N4O5. The molecule has 9 heteroatoms. The first kappa shape index (κ1) is 26.0. The molecule has 188 valence electrons. The molecule has 0 aliphatic carbocycles. The lowest BCUT2D eigenvalue weighted by Crippen LogP contribution is -2.41. The zero-order chi connectivity index (χ0) is 25.5. The van der Waals surface area contributed by atoms with Crippen molar-refractivity contribution in [2.75, 3.05) is 41.5 Å². The van der Waals surface area contributed by atoms with Crippen LogP contribution in [-0.4, -0.2) is 80.2 Å². The normalized spacial score (nSPS) is 15.0. The summed E-state index contributed by atoms with van der Waals surface area (Å²) < 4.78 is 11.0. The number of hydrogen-bond donors (Lipinski definition) is 2. The summed E-state index contributed by atoms with van der Waals surface area (Å²) in [5.74, 6) is 1.08. The van der Waals surface area contributed by atoms with Crippen LogP contribution in [0.5, 0.6) is 11.5 Å². The first-order chi connectivity index (χ1) is 16.8. The number of unbranched alkanes of at least 4 members (excludes halogenated alkanes) is 1. The number of aliphatic hydroxyl groups is 1. The quantitative estimate of drug-likeness (QED) is 0.563. The van der Waals surface area contributed by atoms with Gasteiger partial charge in [-0.2, -0.15) is 5.10 Å². The SMILES string of the molecule is CNC(=O)N1N=C(c2ccc(C(=O)N(C)CCCCO)cc2)c2cc(OC)c(OC)cc2C[C@H]1C. The van der Waals surface area contributed by atoms with Gasteiger partial charge < -0.3 is 24.8 Å². The minimum atomic E-state index is -0.307. The van der Waals surface area contributed by atoms with Crippen molar-refractivity contribution < 1.29 is 24.2 Å². The monoisotopic (exact) mass is 482 g/mol. The average Bonchev–Trinajstić information content (AvgIpc) is 3.02. The Bertz CT molecular complexity index is 1080. The van der Waals surface area contributed by atoms with Crippen molar-refractivity contribution in [3.8, 4) is 11.5 Å². The van der Waals surface area contributed by atoms with Gasteiger partial charge in [0.2, 0.25) is 0 Å². The van der Waals surface area contributed by atoms with Crippen LogP contribution in [0, 0.1) is 0 Å². The Morgan fingerprint density at radius 3 is 2.40 bits per heavy atom. The number of carbonyl (C=O) groups is 2. The van der Waals surface area contributed by atoms with E-state index in [0.717, 1.165) is 23.1 Å². The number of aliphatic hydroxyl groups excluding tert-OH is 1. The third-order valence-electron chi connectivity index (χ3n) is 6.08. The van der Waals surface area contributed by atoms with Crippen LogP contribution in [0.25, 0.3) is 0 Å². The summed E-state index contributed by atoms with van der Waals surface area (Å²) in [6.07, 6.45) is 1.97. The molecule has 1 aliphatic heterocycles. The number of fused-ring (bicyclic) bond motifs is 1. The summed E-state index contributed by atoms with van der Waals surface area (Å²) >= 11 is 0. The minimum Gasteiger partial charge on any atom is -0.493 e. The van der Waals surface area contributed by atoms with E-state index in [4.69, 9.17) is 19.7 Å². The first-order valence-electron chi connectivity index (χ1n) is 11.7. The van der Waals surface area contributed by atoms with Gasteiger partial charge in [0.05, 0.1) is 26.0 Å². The number of carbonyl (C=O) groups excluding carboxylic acids is 2. The molecule has 0 radical (unpaired) electrons. The third kappa shape index (κ3) is 5.74. The van der Waals surface area contributed by atoms with E-state index in [1.807, 2.05) is 31.2 Å². The molecule has 3 amide bonds. The number of benzene rings is 2. The largest absolute Gasteiger partial charge is 0.493 e. The molecule has 3 rings (SSSR count).